The van der Waals surface area contributed by atoms with Crippen molar-refractivity contribution in [2.24, 2.45) is 35.5 Å². The van der Waals surface area contributed by atoms with Crippen LogP contribution in [0.3, 0.4) is 0 Å². The molecule has 0 N–H and O–H groups in total. The molecule has 4 aliphatic rings. The minimum atomic E-state index is 0.0358. The first kappa shape index (κ1) is 24.6. The highest BCUT2D eigenvalue weighted by Crippen LogP contribution is 2.45. The van der Waals surface area contributed by atoms with E-state index in [1.165, 1.54) is 107 Å². The van der Waals surface area contributed by atoms with Crippen LogP contribution in [0.15, 0.2) is 24.3 Å². The fourth-order valence-corrected chi connectivity index (χ4v) is 8.32. The first-order valence-corrected chi connectivity index (χ1v) is 15.1. The van der Waals surface area contributed by atoms with E-state index in [2.05, 4.69) is 32.1 Å². The largest absolute Gasteiger partial charge is 0.206 e. The van der Waals surface area contributed by atoms with E-state index in [0.717, 1.165) is 47.5 Å². The van der Waals surface area contributed by atoms with Gasteiger partial charge in [-0.05, 0) is 129 Å². The second-order valence-electron chi connectivity index (χ2n) is 12.8. The molecule has 1 heteroatoms. The summed E-state index contributed by atoms with van der Waals surface area (Å²) in [5.74, 6) is 6.19. The Labute approximate surface area is 209 Å². The van der Waals surface area contributed by atoms with Gasteiger partial charge in [-0.15, -0.1) is 0 Å². The van der Waals surface area contributed by atoms with E-state index in [0.29, 0.717) is 5.92 Å². The SMILES string of the molecule is CCC1CCC(C2CCC(c3ccc(C4=CCC(C5CCC(C)CC5)CC4)c(F)c3)CC2)CC1. The summed E-state index contributed by atoms with van der Waals surface area (Å²) in [6.07, 6.45) is 24.0. The van der Waals surface area contributed by atoms with Crippen molar-refractivity contribution in [3.63, 3.8) is 0 Å². The zero-order valence-electron chi connectivity index (χ0n) is 22.0. The summed E-state index contributed by atoms with van der Waals surface area (Å²) < 4.78 is 15.3. The minimum absolute atomic E-state index is 0.0358. The Balaban J connectivity index is 1.14. The summed E-state index contributed by atoms with van der Waals surface area (Å²) in [6.45, 7) is 4.77. The molecule has 188 valence electrons. The Kier molecular flexibility index (Phi) is 8.17. The highest BCUT2D eigenvalue weighted by molar-refractivity contribution is 5.67. The second kappa shape index (κ2) is 11.3. The zero-order valence-corrected chi connectivity index (χ0v) is 22.0. The van der Waals surface area contributed by atoms with Gasteiger partial charge < -0.3 is 0 Å². The lowest BCUT2D eigenvalue weighted by molar-refractivity contribution is 0.158. The number of rotatable bonds is 5. The molecule has 3 saturated carbocycles. The molecule has 1 aromatic rings. The quantitative estimate of drug-likeness (QED) is 0.406. The van der Waals surface area contributed by atoms with Crippen molar-refractivity contribution in [1.29, 1.82) is 0 Å². The second-order valence-corrected chi connectivity index (χ2v) is 12.8. The van der Waals surface area contributed by atoms with Gasteiger partial charge in [-0.1, -0.05) is 64.2 Å². The monoisotopic (exact) mass is 464 g/mol. The third-order valence-electron chi connectivity index (χ3n) is 10.9. The van der Waals surface area contributed by atoms with Gasteiger partial charge in [0.25, 0.3) is 0 Å². The molecule has 1 unspecified atom stereocenters. The number of benzene rings is 1. The van der Waals surface area contributed by atoms with Crippen molar-refractivity contribution in [2.45, 2.75) is 122 Å². The molecule has 5 rings (SSSR count). The highest BCUT2D eigenvalue weighted by atomic mass is 19.1. The highest BCUT2D eigenvalue weighted by Gasteiger charge is 2.32. The van der Waals surface area contributed by atoms with Crippen molar-refractivity contribution in [2.75, 3.05) is 0 Å². The van der Waals surface area contributed by atoms with Crippen LogP contribution in [-0.2, 0) is 0 Å². The van der Waals surface area contributed by atoms with Gasteiger partial charge in [0.2, 0.25) is 0 Å². The molecular formula is C33H49F. The molecule has 0 nitrogen and oxygen atoms in total. The van der Waals surface area contributed by atoms with Gasteiger partial charge in [0.1, 0.15) is 5.82 Å². The first-order chi connectivity index (χ1) is 16.6. The Bertz CT molecular complexity index is 813. The van der Waals surface area contributed by atoms with Crippen LogP contribution in [0.25, 0.3) is 5.57 Å². The third kappa shape index (κ3) is 5.65. The van der Waals surface area contributed by atoms with Crippen LogP contribution in [-0.4, -0.2) is 0 Å². The lowest BCUT2D eigenvalue weighted by Crippen LogP contribution is -2.25. The zero-order chi connectivity index (χ0) is 23.5. The van der Waals surface area contributed by atoms with Crippen molar-refractivity contribution < 1.29 is 4.39 Å². The molecule has 0 aliphatic heterocycles. The van der Waals surface area contributed by atoms with Crippen LogP contribution in [0.2, 0.25) is 0 Å². The molecule has 0 spiro atoms. The normalized spacial score (nSPS) is 37.3. The van der Waals surface area contributed by atoms with Crippen molar-refractivity contribution >= 4 is 5.57 Å². The average molecular weight is 465 g/mol. The fraction of sp³-hybridized carbons (Fsp3) is 0.758. The first-order valence-electron chi connectivity index (χ1n) is 15.1. The fourth-order valence-electron chi connectivity index (χ4n) is 8.32. The van der Waals surface area contributed by atoms with Gasteiger partial charge in [-0.3, -0.25) is 0 Å². The van der Waals surface area contributed by atoms with Gasteiger partial charge in [0.05, 0.1) is 0 Å². The molecule has 0 radical (unpaired) electrons. The minimum Gasteiger partial charge on any atom is -0.206 e. The van der Waals surface area contributed by atoms with E-state index in [9.17, 15) is 0 Å². The number of allylic oxidation sites excluding steroid dienone is 2. The van der Waals surface area contributed by atoms with E-state index in [-0.39, 0.29) is 5.82 Å². The average Bonchev–Trinajstić information content (AvgIpc) is 2.89. The number of hydrogen-bond donors (Lipinski definition) is 0. The lowest BCUT2D eigenvalue weighted by atomic mass is 9.68. The number of hydrogen-bond acceptors (Lipinski definition) is 0. The molecule has 0 aromatic heterocycles. The van der Waals surface area contributed by atoms with Crippen LogP contribution in [0.4, 0.5) is 4.39 Å². The van der Waals surface area contributed by atoms with Gasteiger partial charge in [0.15, 0.2) is 0 Å². The van der Waals surface area contributed by atoms with E-state index < -0.39 is 0 Å². The summed E-state index contributed by atoms with van der Waals surface area (Å²) in [5.41, 5.74) is 3.43. The smallest absolute Gasteiger partial charge is 0.130 e. The molecule has 34 heavy (non-hydrogen) atoms. The van der Waals surface area contributed by atoms with E-state index in [4.69, 9.17) is 0 Å². The van der Waals surface area contributed by atoms with Crippen LogP contribution < -0.4 is 0 Å². The molecular weight excluding hydrogens is 415 g/mol. The van der Waals surface area contributed by atoms with E-state index in [1.807, 2.05) is 6.07 Å². The van der Waals surface area contributed by atoms with Crippen LogP contribution in [0, 0.1) is 41.3 Å². The molecule has 3 fully saturated rings. The maximum absolute atomic E-state index is 15.3. The van der Waals surface area contributed by atoms with E-state index in [1.54, 1.807) is 0 Å². The molecule has 0 amide bonds. The predicted octanol–water partition coefficient (Wildman–Crippen LogP) is 10.3. The summed E-state index contributed by atoms with van der Waals surface area (Å²) in [5, 5.41) is 0. The maximum Gasteiger partial charge on any atom is 0.130 e. The predicted molar refractivity (Wildman–Crippen MR) is 143 cm³/mol. The molecule has 4 aliphatic carbocycles. The summed E-state index contributed by atoms with van der Waals surface area (Å²) in [4.78, 5) is 0. The van der Waals surface area contributed by atoms with Gasteiger partial charge >= 0.3 is 0 Å². The summed E-state index contributed by atoms with van der Waals surface area (Å²) in [7, 11) is 0. The molecule has 0 saturated heterocycles. The van der Waals surface area contributed by atoms with Crippen LogP contribution in [0.1, 0.15) is 134 Å². The molecule has 0 bridgehead atoms. The van der Waals surface area contributed by atoms with Crippen LogP contribution in [0.5, 0.6) is 0 Å². The van der Waals surface area contributed by atoms with E-state index >= 15 is 4.39 Å². The van der Waals surface area contributed by atoms with Crippen molar-refractivity contribution in [3.05, 3.63) is 41.2 Å². The summed E-state index contributed by atoms with van der Waals surface area (Å²) in [6, 6.07) is 6.30. The van der Waals surface area contributed by atoms with Gasteiger partial charge in [-0.2, -0.15) is 0 Å². The van der Waals surface area contributed by atoms with Crippen molar-refractivity contribution in [3.8, 4) is 0 Å². The summed E-state index contributed by atoms with van der Waals surface area (Å²) >= 11 is 0. The lowest BCUT2D eigenvalue weighted by Gasteiger charge is -2.38. The van der Waals surface area contributed by atoms with Gasteiger partial charge in [0, 0.05) is 5.56 Å². The topological polar surface area (TPSA) is 0 Å². The third-order valence-corrected chi connectivity index (χ3v) is 10.9. The van der Waals surface area contributed by atoms with Gasteiger partial charge in [-0.25, -0.2) is 4.39 Å². The van der Waals surface area contributed by atoms with Crippen LogP contribution >= 0.6 is 0 Å². The molecule has 1 aromatic carbocycles. The Morgan fingerprint density at radius 2 is 1.35 bits per heavy atom. The molecule has 1 atom stereocenters. The number of halogens is 1. The Morgan fingerprint density at radius 1 is 0.735 bits per heavy atom. The Morgan fingerprint density at radius 3 is 1.94 bits per heavy atom. The maximum atomic E-state index is 15.3. The van der Waals surface area contributed by atoms with Crippen molar-refractivity contribution in [1.82, 2.24) is 0 Å². The Hall–Kier alpha value is -1.11. The molecule has 0 heterocycles. The standard InChI is InChI=1S/C33H49F/c1-3-24-6-10-26(11-7-24)27-12-14-29(15-13-27)31-20-21-32(33(34)22-31)30-18-16-28(17-19-30)25-8-4-23(2)5-9-25/h18,20-29H,3-17,19H2,1-2H3.